The Balaban J connectivity index is 2.12. The normalized spacial score (nSPS) is 10.2. The van der Waals surface area contributed by atoms with Crippen LogP contribution in [0, 0.1) is 6.92 Å². The molecule has 0 fully saturated rings. The number of esters is 1. The van der Waals surface area contributed by atoms with Gasteiger partial charge < -0.3 is 15.0 Å². The summed E-state index contributed by atoms with van der Waals surface area (Å²) in [5, 5.41) is 3.26. The highest BCUT2D eigenvalue weighted by Gasteiger charge is 2.17. The van der Waals surface area contributed by atoms with Crippen LogP contribution in [-0.2, 0) is 14.3 Å². The summed E-state index contributed by atoms with van der Waals surface area (Å²) in [6.07, 6.45) is 0. The molecule has 0 heterocycles. The van der Waals surface area contributed by atoms with Gasteiger partial charge in [0.25, 0.3) is 0 Å². The van der Waals surface area contributed by atoms with Crippen LogP contribution in [0.3, 0.4) is 0 Å². The fourth-order valence-corrected chi connectivity index (χ4v) is 2.48. The molecule has 0 atom stereocenters. The molecule has 26 heavy (non-hydrogen) atoms. The fourth-order valence-electron chi connectivity index (χ4n) is 2.29. The minimum Gasteiger partial charge on any atom is -0.465 e. The Morgan fingerprint density at radius 1 is 1.12 bits per heavy atom. The van der Waals surface area contributed by atoms with E-state index in [1.165, 1.54) is 31.1 Å². The second-order valence-electron chi connectivity index (χ2n) is 5.66. The quantitative estimate of drug-likeness (QED) is 0.813. The Labute approximate surface area is 156 Å². The molecule has 0 radical (unpaired) electrons. The van der Waals surface area contributed by atoms with Gasteiger partial charge in [0, 0.05) is 23.3 Å². The van der Waals surface area contributed by atoms with Crippen LogP contribution in [-0.4, -0.2) is 31.4 Å². The van der Waals surface area contributed by atoms with Crippen LogP contribution in [0.2, 0.25) is 5.02 Å². The van der Waals surface area contributed by atoms with E-state index in [0.29, 0.717) is 22.0 Å². The molecule has 0 saturated heterocycles. The number of hydrogen-bond acceptors (Lipinski definition) is 4. The summed E-state index contributed by atoms with van der Waals surface area (Å²) in [4.78, 5) is 37.0. The number of rotatable bonds is 5. The Kier molecular flexibility index (Phi) is 6.36. The second-order valence-corrected chi connectivity index (χ2v) is 6.06. The van der Waals surface area contributed by atoms with Gasteiger partial charge in [-0.05, 0) is 48.9 Å². The number of nitrogens with one attached hydrogen (secondary N) is 1. The molecule has 0 saturated carbocycles. The number of carbonyl (C=O) groups excluding carboxylic acids is 3. The highest BCUT2D eigenvalue weighted by Crippen LogP contribution is 2.20. The largest absolute Gasteiger partial charge is 0.465 e. The van der Waals surface area contributed by atoms with E-state index in [1.807, 2.05) is 6.92 Å². The van der Waals surface area contributed by atoms with Crippen molar-refractivity contribution in [3.05, 3.63) is 58.6 Å². The summed E-state index contributed by atoms with van der Waals surface area (Å²) >= 11 is 6.05. The number of carbonyl (C=O) groups is 3. The van der Waals surface area contributed by atoms with Gasteiger partial charge in [-0.1, -0.05) is 17.7 Å². The van der Waals surface area contributed by atoms with Crippen LogP contribution < -0.4 is 10.2 Å². The van der Waals surface area contributed by atoms with Crippen LogP contribution in [0.15, 0.2) is 42.5 Å². The topological polar surface area (TPSA) is 75.7 Å². The predicted molar refractivity (Wildman–Crippen MR) is 101 cm³/mol. The molecule has 1 N–H and O–H groups in total. The molecule has 0 spiro atoms. The molecule has 0 bridgehead atoms. The third-order valence-electron chi connectivity index (χ3n) is 3.74. The lowest BCUT2D eigenvalue weighted by Crippen LogP contribution is -2.36. The predicted octanol–water partition coefficient (Wildman–Crippen LogP) is 3.43. The zero-order valence-electron chi connectivity index (χ0n) is 14.7. The number of aryl methyl sites for hydroxylation is 1. The lowest BCUT2D eigenvalue weighted by Gasteiger charge is -2.21. The maximum Gasteiger partial charge on any atom is 0.337 e. The number of amides is 2. The average Bonchev–Trinajstić information content (AvgIpc) is 2.62. The molecule has 136 valence electrons. The molecule has 0 aliphatic heterocycles. The van der Waals surface area contributed by atoms with E-state index in [2.05, 4.69) is 10.1 Å². The Bertz CT molecular complexity index is 834. The van der Waals surface area contributed by atoms with E-state index in [0.717, 1.165) is 5.56 Å². The Hall–Kier alpha value is -2.86. The second kappa shape index (κ2) is 8.49. The summed E-state index contributed by atoms with van der Waals surface area (Å²) in [5.74, 6) is -1.13. The highest BCUT2D eigenvalue weighted by molar-refractivity contribution is 6.31. The maximum absolute atomic E-state index is 12.3. The number of methoxy groups -OCH3 is 1. The van der Waals surface area contributed by atoms with Crippen LogP contribution >= 0.6 is 11.6 Å². The van der Waals surface area contributed by atoms with Crippen molar-refractivity contribution >= 4 is 40.8 Å². The number of halogens is 1. The van der Waals surface area contributed by atoms with Crippen molar-refractivity contribution in [2.45, 2.75) is 13.8 Å². The molecule has 0 aliphatic rings. The van der Waals surface area contributed by atoms with Crippen molar-refractivity contribution in [2.75, 3.05) is 23.9 Å². The van der Waals surface area contributed by atoms with Crippen LogP contribution in [0.1, 0.15) is 22.8 Å². The standard InChI is InChI=1S/C19H19ClN2O4/c1-12-4-7-15(10-17(12)20)21-18(24)11-22(13(2)23)16-8-5-14(6-9-16)19(25)26-3/h4-10H,11H2,1-3H3,(H,21,24). The van der Waals surface area contributed by atoms with E-state index in [4.69, 9.17) is 11.6 Å². The van der Waals surface area contributed by atoms with E-state index in [1.54, 1.807) is 30.3 Å². The number of ether oxygens (including phenoxy) is 1. The smallest absolute Gasteiger partial charge is 0.337 e. The van der Waals surface area contributed by atoms with Crippen molar-refractivity contribution in [2.24, 2.45) is 0 Å². The van der Waals surface area contributed by atoms with E-state index >= 15 is 0 Å². The first kappa shape index (κ1) is 19.5. The average molecular weight is 375 g/mol. The molecule has 6 nitrogen and oxygen atoms in total. The maximum atomic E-state index is 12.3. The lowest BCUT2D eigenvalue weighted by molar-refractivity contribution is -0.120. The lowest BCUT2D eigenvalue weighted by atomic mass is 10.2. The number of hydrogen-bond donors (Lipinski definition) is 1. The van der Waals surface area contributed by atoms with Crippen molar-refractivity contribution in [1.29, 1.82) is 0 Å². The summed E-state index contributed by atoms with van der Waals surface area (Å²) in [7, 11) is 1.29. The van der Waals surface area contributed by atoms with Gasteiger partial charge in [-0.25, -0.2) is 4.79 Å². The summed E-state index contributed by atoms with van der Waals surface area (Å²) in [5.41, 5.74) is 2.32. The first-order valence-electron chi connectivity index (χ1n) is 7.84. The summed E-state index contributed by atoms with van der Waals surface area (Å²) < 4.78 is 4.64. The monoisotopic (exact) mass is 374 g/mol. The highest BCUT2D eigenvalue weighted by atomic mass is 35.5. The summed E-state index contributed by atoms with van der Waals surface area (Å²) in [6.45, 7) is 3.06. The van der Waals surface area contributed by atoms with Gasteiger partial charge in [0.1, 0.15) is 6.54 Å². The molecular formula is C19H19ClN2O4. The number of benzene rings is 2. The molecule has 0 aromatic heterocycles. The molecule has 0 unspecified atom stereocenters. The summed E-state index contributed by atoms with van der Waals surface area (Å²) in [6, 6.07) is 11.4. The van der Waals surface area contributed by atoms with Crippen molar-refractivity contribution in [3.8, 4) is 0 Å². The molecule has 0 aliphatic carbocycles. The Morgan fingerprint density at radius 3 is 2.31 bits per heavy atom. The van der Waals surface area contributed by atoms with Crippen molar-refractivity contribution < 1.29 is 19.1 Å². The third kappa shape index (κ3) is 4.83. The van der Waals surface area contributed by atoms with Gasteiger partial charge in [-0.15, -0.1) is 0 Å². The van der Waals surface area contributed by atoms with E-state index < -0.39 is 5.97 Å². The van der Waals surface area contributed by atoms with Crippen LogP contribution in [0.5, 0.6) is 0 Å². The van der Waals surface area contributed by atoms with Crippen LogP contribution in [0.25, 0.3) is 0 Å². The van der Waals surface area contributed by atoms with Crippen LogP contribution in [0.4, 0.5) is 11.4 Å². The molecule has 2 aromatic rings. The Morgan fingerprint density at radius 2 is 1.77 bits per heavy atom. The van der Waals surface area contributed by atoms with Gasteiger partial charge in [-0.2, -0.15) is 0 Å². The molecule has 2 aromatic carbocycles. The molecular weight excluding hydrogens is 356 g/mol. The molecule has 7 heteroatoms. The minimum absolute atomic E-state index is 0.168. The fraction of sp³-hybridized carbons (Fsp3) is 0.211. The van der Waals surface area contributed by atoms with Gasteiger partial charge in [0.05, 0.1) is 12.7 Å². The van der Waals surface area contributed by atoms with E-state index in [9.17, 15) is 14.4 Å². The van der Waals surface area contributed by atoms with Gasteiger partial charge in [0.15, 0.2) is 0 Å². The first-order valence-corrected chi connectivity index (χ1v) is 8.22. The minimum atomic E-state index is -0.472. The van der Waals surface area contributed by atoms with Gasteiger partial charge in [0.2, 0.25) is 11.8 Å². The first-order chi connectivity index (χ1) is 12.3. The molecule has 2 amide bonds. The van der Waals surface area contributed by atoms with Crippen molar-refractivity contribution in [1.82, 2.24) is 0 Å². The van der Waals surface area contributed by atoms with Crippen molar-refractivity contribution in [3.63, 3.8) is 0 Å². The number of nitrogens with zero attached hydrogens (tertiary/aromatic N) is 1. The van der Waals surface area contributed by atoms with Gasteiger partial charge >= 0.3 is 5.97 Å². The van der Waals surface area contributed by atoms with Gasteiger partial charge in [-0.3, -0.25) is 9.59 Å². The zero-order valence-corrected chi connectivity index (χ0v) is 15.5. The molecule has 2 rings (SSSR count). The van der Waals surface area contributed by atoms with E-state index in [-0.39, 0.29) is 18.4 Å². The third-order valence-corrected chi connectivity index (χ3v) is 4.14. The SMILES string of the molecule is COC(=O)c1ccc(N(CC(=O)Nc2ccc(C)c(Cl)c2)C(C)=O)cc1. The number of anilines is 2. The zero-order chi connectivity index (χ0) is 19.3.